The van der Waals surface area contributed by atoms with Gasteiger partial charge in [0.15, 0.2) is 0 Å². The highest BCUT2D eigenvalue weighted by atomic mass is 16.5. The smallest absolute Gasteiger partial charge is 0.341 e. The number of nitrogens with one attached hydrogen (secondary N) is 2. The molecule has 0 atom stereocenters. The quantitative estimate of drug-likeness (QED) is 0.655. The molecular formula is C13H18N4O3. The molecule has 0 aliphatic heterocycles. The number of esters is 1. The van der Waals surface area contributed by atoms with Crippen molar-refractivity contribution in [3.8, 4) is 0 Å². The van der Waals surface area contributed by atoms with Crippen LogP contribution in [0.4, 0.5) is 11.5 Å². The summed E-state index contributed by atoms with van der Waals surface area (Å²) in [5.74, 6) is -0.157. The molecule has 1 aliphatic rings. The van der Waals surface area contributed by atoms with Crippen molar-refractivity contribution in [2.24, 2.45) is 0 Å². The third kappa shape index (κ3) is 3.84. The second-order valence-corrected chi connectivity index (χ2v) is 4.67. The summed E-state index contributed by atoms with van der Waals surface area (Å²) in [6.07, 6.45) is 3.89. The molecule has 108 valence electrons. The average Bonchev–Trinajstić information content (AvgIpc) is 3.23. The van der Waals surface area contributed by atoms with Gasteiger partial charge in [-0.2, -0.15) is 0 Å². The molecule has 0 unspecified atom stereocenters. The van der Waals surface area contributed by atoms with Gasteiger partial charge in [-0.05, 0) is 18.9 Å². The van der Waals surface area contributed by atoms with E-state index in [2.05, 4.69) is 20.4 Å². The highest BCUT2D eigenvalue weighted by Crippen LogP contribution is 2.19. The van der Waals surface area contributed by atoms with Crippen LogP contribution in [0.15, 0.2) is 12.3 Å². The highest BCUT2D eigenvalue weighted by Gasteiger charge is 2.22. The largest absolute Gasteiger partial charge is 0.465 e. The zero-order chi connectivity index (χ0) is 14.5. The second-order valence-electron chi connectivity index (χ2n) is 4.67. The third-order valence-electron chi connectivity index (χ3n) is 2.90. The Morgan fingerprint density at radius 1 is 1.50 bits per heavy atom. The molecule has 20 heavy (non-hydrogen) atoms. The lowest BCUT2D eigenvalue weighted by Crippen LogP contribution is -2.27. The van der Waals surface area contributed by atoms with E-state index in [1.54, 1.807) is 0 Å². The van der Waals surface area contributed by atoms with Gasteiger partial charge in [0.25, 0.3) is 0 Å². The first kappa shape index (κ1) is 14.1. The van der Waals surface area contributed by atoms with Crippen molar-refractivity contribution < 1.29 is 14.3 Å². The maximum Gasteiger partial charge on any atom is 0.341 e. The molecule has 1 saturated carbocycles. The topological polar surface area (TPSA) is 106 Å². The molecule has 0 aromatic carbocycles. The summed E-state index contributed by atoms with van der Waals surface area (Å²) in [6.45, 7) is 0.388. The van der Waals surface area contributed by atoms with E-state index in [0.717, 1.165) is 12.8 Å². The van der Waals surface area contributed by atoms with Crippen molar-refractivity contribution in [3.63, 3.8) is 0 Å². The van der Waals surface area contributed by atoms with Gasteiger partial charge in [0, 0.05) is 19.0 Å². The van der Waals surface area contributed by atoms with Crippen molar-refractivity contribution in [2.45, 2.75) is 25.3 Å². The molecule has 1 aromatic rings. The third-order valence-corrected chi connectivity index (χ3v) is 2.90. The van der Waals surface area contributed by atoms with Crippen LogP contribution < -0.4 is 16.4 Å². The Hall–Kier alpha value is -2.31. The van der Waals surface area contributed by atoms with Gasteiger partial charge < -0.3 is 21.1 Å². The minimum absolute atomic E-state index is 0.00457. The predicted molar refractivity (Wildman–Crippen MR) is 74.3 cm³/mol. The molecule has 0 radical (unpaired) electrons. The Kier molecular flexibility index (Phi) is 4.39. The molecule has 1 aromatic heterocycles. The van der Waals surface area contributed by atoms with Gasteiger partial charge in [-0.3, -0.25) is 4.79 Å². The molecule has 7 nitrogen and oxygen atoms in total. The van der Waals surface area contributed by atoms with Crippen molar-refractivity contribution in [3.05, 3.63) is 17.8 Å². The summed E-state index contributed by atoms with van der Waals surface area (Å²) < 4.78 is 4.67. The van der Waals surface area contributed by atoms with Gasteiger partial charge in [-0.1, -0.05) is 0 Å². The molecule has 7 heteroatoms. The number of aromatic nitrogens is 1. The first-order chi connectivity index (χ1) is 9.60. The summed E-state index contributed by atoms with van der Waals surface area (Å²) in [6, 6.07) is 1.84. The van der Waals surface area contributed by atoms with Gasteiger partial charge in [0.2, 0.25) is 5.91 Å². The second kappa shape index (κ2) is 6.23. The maximum absolute atomic E-state index is 11.6. The Labute approximate surface area is 116 Å². The van der Waals surface area contributed by atoms with Crippen LogP contribution in [-0.2, 0) is 9.53 Å². The lowest BCUT2D eigenvalue weighted by Gasteiger charge is -2.10. The molecule has 0 spiro atoms. The van der Waals surface area contributed by atoms with E-state index in [1.165, 1.54) is 19.4 Å². The number of nitrogen functional groups attached to an aromatic ring is 1. The van der Waals surface area contributed by atoms with Gasteiger partial charge in [0.1, 0.15) is 11.4 Å². The highest BCUT2D eigenvalue weighted by molar-refractivity contribution is 5.95. The lowest BCUT2D eigenvalue weighted by atomic mass is 10.2. The van der Waals surface area contributed by atoms with Crippen LogP contribution in [0.2, 0.25) is 0 Å². The lowest BCUT2D eigenvalue weighted by molar-refractivity contribution is -0.120. The number of anilines is 2. The number of ether oxygens (including phenoxy) is 1. The van der Waals surface area contributed by atoms with Crippen molar-refractivity contribution in [1.82, 2.24) is 10.3 Å². The maximum atomic E-state index is 11.6. The van der Waals surface area contributed by atoms with Gasteiger partial charge in [0.05, 0.1) is 19.0 Å². The minimum Gasteiger partial charge on any atom is -0.465 e. The first-order valence-corrected chi connectivity index (χ1v) is 6.47. The number of amides is 1. The Balaban J connectivity index is 1.90. The van der Waals surface area contributed by atoms with Gasteiger partial charge in [-0.15, -0.1) is 0 Å². The number of carbonyl (C=O) groups excluding carboxylic acids is 2. The van der Waals surface area contributed by atoms with Crippen LogP contribution in [0.5, 0.6) is 0 Å². The molecule has 2 rings (SSSR count). The van der Waals surface area contributed by atoms with Gasteiger partial charge in [-0.25, -0.2) is 9.78 Å². The summed E-state index contributed by atoms with van der Waals surface area (Å²) >= 11 is 0. The van der Waals surface area contributed by atoms with Crippen LogP contribution >= 0.6 is 0 Å². The molecule has 4 N–H and O–H groups in total. The van der Waals surface area contributed by atoms with Crippen LogP contribution in [0, 0.1) is 0 Å². The number of hydrogen-bond acceptors (Lipinski definition) is 6. The Bertz CT molecular complexity index is 514. The first-order valence-electron chi connectivity index (χ1n) is 6.47. The van der Waals surface area contributed by atoms with E-state index >= 15 is 0 Å². The summed E-state index contributed by atoms with van der Waals surface area (Å²) in [5, 5.41) is 5.84. The van der Waals surface area contributed by atoms with Crippen molar-refractivity contribution >= 4 is 23.4 Å². The monoisotopic (exact) mass is 278 g/mol. The number of pyridine rings is 1. The fourth-order valence-electron chi connectivity index (χ4n) is 1.71. The van der Waals surface area contributed by atoms with Crippen LogP contribution in [0.3, 0.4) is 0 Å². The predicted octanol–water partition coefficient (Wildman–Crippen LogP) is 0.531. The minimum atomic E-state index is -0.519. The SMILES string of the molecule is COC(=O)c1cc(N)cnc1NCCC(=O)NC1CC1. The van der Waals surface area contributed by atoms with E-state index < -0.39 is 5.97 Å². The van der Waals surface area contributed by atoms with Crippen LogP contribution in [0.1, 0.15) is 29.6 Å². The molecule has 1 heterocycles. The zero-order valence-electron chi connectivity index (χ0n) is 11.3. The normalized spacial score (nSPS) is 13.7. The van der Waals surface area contributed by atoms with E-state index in [1.807, 2.05) is 0 Å². The number of rotatable bonds is 6. The Morgan fingerprint density at radius 2 is 2.25 bits per heavy atom. The number of nitrogens with zero attached hydrogens (tertiary/aromatic N) is 1. The van der Waals surface area contributed by atoms with E-state index in [0.29, 0.717) is 30.5 Å². The molecular weight excluding hydrogens is 260 g/mol. The summed E-state index contributed by atoms with van der Waals surface area (Å²) in [4.78, 5) is 27.2. The number of nitrogens with two attached hydrogens (primary N) is 1. The van der Waals surface area contributed by atoms with Crippen LogP contribution in [-0.4, -0.2) is 36.6 Å². The van der Waals surface area contributed by atoms with Crippen molar-refractivity contribution in [1.29, 1.82) is 0 Å². The molecule has 0 bridgehead atoms. The van der Waals surface area contributed by atoms with E-state index in [-0.39, 0.29) is 11.5 Å². The summed E-state index contributed by atoms with van der Waals surface area (Å²) in [7, 11) is 1.29. The molecule has 1 amide bonds. The molecule has 0 saturated heterocycles. The van der Waals surface area contributed by atoms with Crippen LogP contribution in [0.25, 0.3) is 0 Å². The average molecular weight is 278 g/mol. The number of methoxy groups -OCH3 is 1. The van der Waals surface area contributed by atoms with E-state index in [9.17, 15) is 9.59 Å². The summed E-state index contributed by atoms with van der Waals surface area (Å²) in [5.41, 5.74) is 6.23. The molecule has 1 aliphatic carbocycles. The van der Waals surface area contributed by atoms with Crippen molar-refractivity contribution in [2.75, 3.05) is 24.7 Å². The number of hydrogen-bond donors (Lipinski definition) is 3. The fraction of sp³-hybridized carbons (Fsp3) is 0.462. The number of carbonyl (C=O) groups is 2. The standard InChI is InChI=1S/C13H18N4O3/c1-20-13(19)10-6-8(14)7-16-12(10)15-5-4-11(18)17-9-2-3-9/h6-7,9H,2-5,14H2,1H3,(H,15,16)(H,17,18). The van der Waals surface area contributed by atoms with Gasteiger partial charge >= 0.3 is 5.97 Å². The Morgan fingerprint density at radius 3 is 2.90 bits per heavy atom. The van der Waals surface area contributed by atoms with E-state index in [4.69, 9.17) is 5.73 Å². The molecule has 1 fully saturated rings. The fourth-order valence-corrected chi connectivity index (χ4v) is 1.71. The zero-order valence-corrected chi connectivity index (χ0v) is 11.3.